The normalized spacial score (nSPS) is 19.8. The molecule has 6 nitrogen and oxygen atoms in total. The number of likely N-dealkylation sites (tertiary alicyclic amines) is 1. The summed E-state index contributed by atoms with van der Waals surface area (Å²) in [5.74, 6) is -2.35. The zero-order valence-electron chi connectivity index (χ0n) is 18.4. The van der Waals surface area contributed by atoms with Crippen molar-refractivity contribution in [2.45, 2.75) is 37.9 Å². The molecule has 0 radical (unpaired) electrons. The molecule has 2 aliphatic rings. The van der Waals surface area contributed by atoms with Crippen molar-refractivity contribution in [1.82, 2.24) is 14.5 Å². The lowest BCUT2D eigenvalue weighted by atomic mass is 10.0. The van der Waals surface area contributed by atoms with Gasteiger partial charge in [0.05, 0.1) is 18.4 Å². The van der Waals surface area contributed by atoms with Crippen LogP contribution in [0.4, 0.5) is 22.0 Å². The lowest BCUT2D eigenvalue weighted by Gasteiger charge is -2.35. The van der Waals surface area contributed by atoms with Crippen LogP contribution in [0, 0.1) is 11.6 Å². The van der Waals surface area contributed by atoms with Crippen LogP contribution in [0.5, 0.6) is 0 Å². The molecule has 2 aromatic carbocycles. The maximum Gasteiger partial charge on any atom is 0.490 e. The van der Waals surface area contributed by atoms with E-state index in [2.05, 4.69) is 14.5 Å². The predicted molar refractivity (Wildman–Crippen MR) is 115 cm³/mol. The van der Waals surface area contributed by atoms with Crippen LogP contribution in [-0.2, 0) is 29.2 Å². The smallest absolute Gasteiger partial charge is 0.475 e. The second-order valence-corrected chi connectivity index (χ2v) is 8.52. The predicted octanol–water partition coefficient (Wildman–Crippen LogP) is 4.64. The largest absolute Gasteiger partial charge is 0.490 e. The summed E-state index contributed by atoms with van der Waals surface area (Å²) >= 11 is 0. The highest BCUT2D eigenvalue weighted by atomic mass is 19.4. The monoisotopic (exact) mass is 495 g/mol. The number of rotatable bonds is 3. The highest BCUT2D eigenvalue weighted by Gasteiger charge is 2.43. The number of benzene rings is 2. The number of hydrogen-bond donors (Lipinski definition) is 1. The van der Waals surface area contributed by atoms with Gasteiger partial charge in [0.15, 0.2) is 0 Å². The van der Waals surface area contributed by atoms with E-state index < -0.39 is 12.1 Å². The van der Waals surface area contributed by atoms with Crippen LogP contribution in [0.2, 0.25) is 0 Å². The molecule has 35 heavy (non-hydrogen) atoms. The number of alkyl halides is 3. The van der Waals surface area contributed by atoms with Gasteiger partial charge in [-0.05, 0) is 36.2 Å². The molecule has 0 aliphatic carbocycles. The highest BCUT2D eigenvalue weighted by Crippen LogP contribution is 2.35. The van der Waals surface area contributed by atoms with E-state index in [9.17, 15) is 22.0 Å². The summed E-state index contributed by atoms with van der Waals surface area (Å²) in [6.07, 6.45) is -2.38. The maximum atomic E-state index is 13.7. The highest BCUT2D eigenvalue weighted by molar-refractivity contribution is 5.73. The Morgan fingerprint density at radius 3 is 2.43 bits per heavy atom. The third-order valence-corrected chi connectivity index (χ3v) is 5.95. The number of aliphatic carboxylic acids is 1. The average molecular weight is 495 g/mol. The fourth-order valence-corrected chi connectivity index (χ4v) is 4.34. The van der Waals surface area contributed by atoms with E-state index in [4.69, 9.17) is 14.6 Å². The Kier molecular flexibility index (Phi) is 6.91. The second-order valence-electron chi connectivity index (χ2n) is 8.52. The summed E-state index contributed by atoms with van der Waals surface area (Å²) in [7, 11) is 0. The van der Waals surface area contributed by atoms with Gasteiger partial charge in [-0.25, -0.2) is 18.6 Å². The van der Waals surface area contributed by atoms with E-state index >= 15 is 0 Å². The molecule has 2 aliphatic heterocycles. The molecule has 1 atom stereocenters. The fourth-order valence-electron chi connectivity index (χ4n) is 4.34. The molecule has 5 rings (SSSR count). The van der Waals surface area contributed by atoms with Gasteiger partial charge in [-0.15, -0.1) is 0 Å². The molecular weight excluding hydrogens is 473 g/mol. The molecule has 3 heterocycles. The van der Waals surface area contributed by atoms with Gasteiger partial charge in [0.25, 0.3) is 0 Å². The van der Waals surface area contributed by atoms with Crippen molar-refractivity contribution in [1.29, 1.82) is 0 Å². The van der Waals surface area contributed by atoms with Gasteiger partial charge in [-0.2, -0.15) is 13.2 Å². The van der Waals surface area contributed by atoms with Crippen LogP contribution in [0.15, 0.2) is 54.7 Å². The van der Waals surface area contributed by atoms with Crippen molar-refractivity contribution in [2.24, 2.45) is 0 Å². The summed E-state index contributed by atoms with van der Waals surface area (Å²) in [5, 5.41) is 7.12. The number of carboxylic acids is 1. The Morgan fingerprint density at radius 1 is 1.09 bits per heavy atom. The number of ether oxygens (including phenoxy) is 1. The van der Waals surface area contributed by atoms with Crippen LogP contribution in [0.25, 0.3) is 11.3 Å². The van der Waals surface area contributed by atoms with Crippen LogP contribution in [-0.4, -0.2) is 50.4 Å². The quantitative estimate of drug-likeness (QED) is 0.537. The van der Waals surface area contributed by atoms with Gasteiger partial charge in [-0.3, -0.25) is 4.90 Å². The SMILES string of the molecule is Fc1cccc(CN2CCC3(C2)Cn2c(-c4cccc(F)c4)cnc2CO3)c1.O=C(O)C(F)(F)F. The zero-order valence-corrected chi connectivity index (χ0v) is 18.4. The van der Waals surface area contributed by atoms with Gasteiger partial charge in [0.1, 0.15) is 29.7 Å². The van der Waals surface area contributed by atoms with Crippen LogP contribution >= 0.6 is 0 Å². The van der Waals surface area contributed by atoms with Crippen LogP contribution in [0.3, 0.4) is 0 Å². The molecule has 1 fully saturated rings. The first-order valence-electron chi connectivity index (χ1n) is 10.8. The van der Waals surface area contributed by atoms with Crippen LogP contribution in [0.1, 0.15) is 17.8 Å². The third-order valence-electron chi connectivity index (χ3n) is 5.95. The van der Waals surface area contributed by atoms with Gasteiger partial charge in [0.2, 0.25) is 0 Å². The molecule has 1 unspecified atom stereocenters. The van der Waals surface area contributed by atoms with E-state index in [0.29, 0.717) is 19.7 Å². The molecule has 1 spiro atoms. The molecule has 0 amide bonds. The number of aromatic nitrogens is 2. The van der Waals surface area contributed by atoms with Crippen molar-refractivity contribution in [3.8, 4) is 11.3 Å². The number of halogens is 5. The van der Waals surface area contributed by atoms with Crippen molar-refractivity contribution in [3.63, 3.8) is 0 Å². The van der Waals surface area contributed by atoms with Crippen molar-refractivity contribution in [3.05, 3.63) is 77.8 Å². The third kappa shape index (κ3) is 5.85. The number of imidazole rings is 1. The Bertz CT molecular complexity index is 1210. The van der Waals surface area contributed by atoms with Gasteiger partial charge in [0, 0.05) is 25.2 Å². The van der Waals surface area contributed by atoms with Gasteiger partial charge >= 0.3 is 12.1 Å². The first-order chi connectivity index (χ1) is 16.5. The van der Waals surface area contributed by atoms with E-state index in [1.165, 1.54) is 18.2 Å². The number of hydrogen-bond acceptors (Lipinski definition) is 4. The maximum absolute atomic E-state index is 13.7. The van der Waals surface area contributed by atoms with Crippen molar-refractivity contribution >= 4 is 5.97 Å². The summed E-state index contributed by atoms with van der Waals surface area (Å²) in [4.78, 5) is 15.7. The Labute approximate surface area is 197 Å². The number of nitrogens with zero attached hydrogens (tertiary/aromatic N) is 3. The van der Waals surface area contributed by atoms with Crippen molar-refractivity contribution < 1.29 is 36.6 Å². The molecule has 1 N–H and O–H groups in total. The van der Waals surface area contributed by atoms with E-state index in [-0.39, 0.29) is 17.2 Å². The Morgan fingerprint density at radius 2 is 1.77 bits per heavy atom. The molecule has 11 heteroatoms. The molecular formula is C24H22F5N3O3. The van der Waals surface area contributed by atoms with Gasteiger partial charge in [-0.1, -0.05) is 24.3 Å². The molecule has 1 aromatic heterocycles. The molecule has 0 bridgehead atoms. The summed E-state index contributed by atoms with van der Waals surface area (Å²) < 4.78 is 67.3. The summed E-state index contributed by atoms with van der Waals surface area (Å²) in [5.41, 5.74) is 2.42. The minimum atomic E-state index is -5.08. The fraction of sp³-hybridized carbons (Fsp3) is 0.333. The molecule has 3 aromatic rings. The minimum absolute atomic E-state index is 0.205. The number of fused-ring (bicyclic) bond motifs is 1. The lowest BCUT2D eigenvalue weighted by molar-refractivity contribution is -0.192. The molecule has 186 valence electrons. The lowest BCUT2D eigenvalue weighted by Crippen LogP contribution is -2.44. The minimum Gasteiger partial charge on any atom is -0.475 e. The molecule has 1 saturated heterocycles. The first kappa shape index (κ1) is 24.8. The summed E-state index contributed by atoms with van der Waals surface area (Å²) in [6.45, 7) is 3.52. The van der Waals surface area contributed by atoms with Gasteiger partial charge < -0.3 is 14.4 Å². The number of carboxylic acid groups (broad SMARTS) is 1. The first-order valence-corrected chi connectivity index (χ1v) is 10.8. The zero-order chi connectivity index (χ0) is 25.2. The summed E-state index contributed by atoms with van der Waals surface area (Å²) in [6, 6.07) is 13.4. The Hall–Kier alpha value is -3.31. The van der Waals surface area contributed by atoms with Crippen molar-refractivity contribution in [2.75, 3.05) is 13.1 Å². The Balaban J connectivity index is 0.000000364. The van der Waals surface area contributed by atoms with E-state index in [0.717, 1.165) is 42.2 Å². The standard InChI is InChI=1S/C22H21F2N3O.C2HF3O2/c23-18-5-1-3-16(9-18)12-26-8-7-22(14-26)15-27-20(11-25-21(27)13-28-22)17-4-2-6-19(24)10-17;3-2(4,5)1(6)7/h1-6,9-11H,7-8,12-15H2;(H,6,7). The number of carbonyl (C=O) groups is 1. The van der Waals surface area contributed by atoms with E-state index in [1.54, 1.807) is 24.4 Å². The van der Waals surface area contributed by atoms with E-state index in [1.807, 2.05) is 12.1 Å². The second kappa shape index (κ2) is 9.74. The topological polar surface area (TPSA) is 67.6 Å². The molecule has 0 saturated carbocycles. The average Bonchev–Trinajstić information content (AvgIpc) is 3.37. The van der Waals surface area contributed by atoms with Crippen LogP contribution < -0.4 is 0 Å².